The van der Waals surface area contributed by atoms with E-state index in [1.807, 2.05) is 0 Å². The zero-order valence-electron chi connectivity index (χ0n) is 20.6. The molecule has 0 saturated heterocycles. The molecule has 2 aromatic heterocycles. The van der Waals surface area contributed by atoms with E-state index in [1.54, 1.807) is 24.3 Å². The van der Waals surface area contributed by atoms with Gasteiger partial charge in [0, 0.05) is 40.6 Å². The number of rotatable bonds is 10. The molecule has 35 heavy (non-hydrogen) atoms. The summed E-state index contributed by atoms with van der Waals surface area (Å²) in [6.07, 6.45) is 0.971. The number of hydrogen-bond acceptors (Lipinski definition) is 8. The zero-order valence-corrected chi connectivity index (χ0v) is 24.0. The van der Waals surface area contributed by atoms with E-state index < -0.39 is 38.8 Å². The van der Waals surface area contributed by atoms with Crippen molar-refractivity contribution >= 4 is 50.6 Å². The molecule has 0 spiro atoms. The lowest BCUT2D eigenvalue weighted by molar-refractivity contribution is 0.0814. The van der Waals surface area contributed by atoms with Gasteiger partial charge in [-0.25, -0.2) is 30.8 Å². The Hall–Kier alpha value is -1.90. The topological polar surface area (TPSA) is 124 Å². The van der Waals surface area contributed by atoms with Crippen LogP contribution in [-0.2, 0) is 37.1 Å². The smallest absolute Gasteiger partial charge is 0.249 e. The van der Waals surface area contributed by atoms with E-state index in [1.165, 1.54) is 18.8 Å². The Labute approximate surface area is 212 Å². The Kier molecular flexibility index (Phi) is 8.09. The van der Waals surface area contributed by atoms with Crippen molar-refractivity contribution in [2.75, 3.05) is 27.0 Å². The number of fused-ring (bicyclic) bond motifs is 1. The lowest BCUT2D eigenvalue weighted by atomic mass is 10.1. The van der Waals surface area contributed by atoms with Gasteiger partial charge in [0.1, 0.15) is 18.2 Å². The van der Waals surface area contributed by atoms with E-state index in [-0.39, 0.29) is 18.1 Å². The average molecular weight is 560 g/mol. The van der Waals surface area contributed by atoms with E-state index in [2.05, 4.69) is 34.7 Å². The number of halogens is 1. The Morgan fingerprint density at radius 3 is 2.31 bits per heavy atom. The molecule has 192 valence electrons. The maximum Gasteiger partial charge on any atom is 0.249 e. The van der Waals surface area contributed by atoms with Gasteiger partial charge >= 0.3 is 0 Å². The maximum atomic E-state index is 12.8. The Morgan fingerprint density at radius 1 is 1.09 bits per heavy atom. The summed E-state index contributed by atoms with van der Waals surface area (Å²) >= 11 is 6.45. The first kappa shape index (κ1) is 27.7. The fourth-order valence-electron chi connectivity index (χ4n) is 3.15. The molecule has 3 aromatic rings. The van der Waals surface area contributed by atoms with Crippen molar-refractivity contribution in [3.05, 3.63) is 35.0 Å². The van der Waals surface area contributed by atoms with E-state index in [9.17, 15) is 16.8 Å². The van der Waals surface area contributed by atoms with Crippen LogP contribution in [0.1, 0.15) is 5.69 Å². The summed E-state index contributed by atoms with van der Waals surface area (Å²) in [5, 5.41) is 4.85. The fraction of sp³-hybridized carbons (Fsp3) is 0.476. The molecule has 0 fully saturated rings. The molecule has 1 aromatic carbocycles. The minimum absolute atomic E-state index is 0.00547. The largest absolute Gasteiger partial charge is 0.359 e. The molecule has 0 amide bonds. The molecule has 10 nitrogen and oxygen atoms in total. The van der Waals surface area contributed by atoms with Gasteiger partial charge in [-0.15, -0.1) is 0 Å². The third-order valence-corrected chi connectivity index (χ3v) is 9.82. The Morgan fingerprint density at radius 2 is 1.74 bits per heavy atom. The van der Waals surface area contributed by atoms with Gasteiger partial charge in [-0.1, -0.05) is 49.4 Å². The van der Waals surface area contributed by atoms with E-state index in [0.29, 0.717) is 28.3 Å². The van der Waals surface area contributed by atoms with Crippen LogP contribution >= 0.6 is 11.6 Å². The van der Waals surface area contributed by atoms with Gasteiger partial charge in [-0.05, 0) is 12.1 Å². The highest BCUT2D eigenvalue weighted by molar-refractivity contribution is 7.90. The van der Waals surface area contributed by atoms with Crippen LogP contribution in [0.4, 0.5) is 0 Å². The van der Waals surface area contributed by atoms with Gasteiger partial charge in [0.2, 0.25) is 25.0 Å². The van der Waals surface area contributed by atoms with E-state index >= 15 is 0 Å². The van der Waals surface area contributed by atoms with Crippen LogP contribution in [-0.4, -0.2) is 75.9 Å². The standard InChI is InChI=1S/C21H30ClN5O5S2Si/c1-26(2)34(30,31)13-17-18-19(15-9-7-8-10-16(15)22)25-27(14-32-11-12-35(4,5)6)20(18)24-21(23-17)33(3,28)29/h7-10H,11-14H2,1-6H3. The molecular weight excluding hydrogens is 530 g/mol. The van der Waals surface area contributed by atoms with Crippen molar-refractivity contribution in [3.8, 4) is 11.3 Å². The third-order valence-electron chi connectivity index (χ3n) is 5.19. The van der Waals surface area contributed by atoms with Gasteiger partial charge in [0.05, 0.1) is 16.1 Å². The van der Waals surface area contributed by atoms with Crippen LogP contribution in [0.5, 0.6) is 0 Å². The van der Waals surface area contributed by atoms with Crippen molar-refractivity contribution in [3.63, 3.8) is 0 Å². The third kappa shape index (κ3) is 6.65. The molecule has 2 heterocycles. The van der Waals surface area contributed by atoms with Crippen LogP contribution in [0.15, 0.2) is 29.4 Å². The second-order valence-electron chi connectivity index (χ2n) is 9.64. The number of nitrogens with zero attached hydrogens (tertiary/aromatic N) is 5. The summed E-state index contributed by atoms with van der Waals surface area (Å²) in [6.45, 7) is 7.21. The quantitative estimate of drug-likeness (QED) is 0.210. The molecule has 0 aliphatic carbocycles. The van der Waals surface area contributed by atoms with Crippen LogP contribution < -0.4 is 0 Å². The summed E-state index contributed by atoms with van der Waals surface area (Å²) in [5.74, 6) is -0.541. The molecular formula is C21H30ClN5O5S2Si. The summed E-state index contributed by atoms with van der Waals surface area (Å²) in [6, 6.07) is 7.90. The van der Waals surface area contributed by atoms with Gasteiger partial charge < -0.3 is 4.74 Å². The molecule has 0 saturated carbocycles. The number of aromatic nitrogens is 4. The number of sulfonamides is 1. The minimum atomic E-state index is -3.85. The number of hydrogen-bond donors (Lipinski definition) is 0. The highest BCUT2D eigenvalue weighted by Crippen LogP contribution is 2.35. The lowest BCUT2D eigenvalue weighted by Crippen LogP contribution is -2.24. The molecule has 14 heteroatoms. The van der Waals surface area contributed by atoms with Crippen molar-refractivity contribution in [2.24, 2.45) is 0 Å². The van der Waals surface area contributed by atoms with Crippen LogP contribution in [0.25, 0.3) is 22.3 Å². The van der Waals surface area contributed by atoms with Crippen LogP contribution in [0.2, 0.25) is 30.7 Å². The molecule has 0 aliphatic rings. The molecule has 0 unspecified atom stereocenters. The van der Waals surface area contributed by atoms with Crippen LogP contribution in [0, 0.1) is 0 Å². The van der Waals surface area contributed by atoms with Crippen LogP contribution in [0.3, 0.4) is 0 Å². The number of benzene rings is 1. The van der Waals surface area contributed by atoms with Crippen molar-refractivity contribution in [1.82, 2.24) is 24.1 Å². The molecule has 0 aliphatic heterocycles. The average Bonchev–Trinajstić information content (AvgIpc) is 3.08. The van der Waals surface area contributed by atoms with Crippen molar-refractivity contribution in [1.29, 1.82) is 0 Å². The highest BCUT2D eigenvalue weighted by atomic mass is 35.5. The molecule has 0 atom stereocenters. The van der Waals surface area contributed by atoms with Gasteiger partial charge in [0.25, 0.3) is 0 Å². The second kappa shape index (κ2) is 10.2. The zero-order chi connectivity index (χ0) is 26.2. The van der Waals surface area contributed by atoms with E-state index in [0.717, 1.165) is 16.6 Å². The Bertz CT molecular complexity index is 1450. The first-order valence-electron chi connectivity index (χ1n) is 10.8. The fourth-order valence-corrected chi connectivity index (χ4v) is 5.48. The summed E-state index contributed by atoms with van der Waals surface area (Å²) in [4.78, 5) is 8.42. The predicted molar refractivity (Wildman–Crippen MR) is 139 cm³/mol. The van der Waals surface area contributed by atoms with Crippen molar-refractivity contribution < 1.29 is 21.6 Å². The molecule has 3 rings (SSSR count). The number of sulfone groups is 1. The summed E-state index contributed by atoms with van der Waals surface area (Å²) in [5.41, 5.74) is 1.07. The predicted octanol–water partition coefficient (Wildman–Crippen LogP) is 3.25. The van der Waals surface area contributed by atoms with Gasteiger partial charge in [0.15, 0.2) is 5.65 Å². The maximum absolute atomic E-state index is 12.8. The second-order valence-corrected chi connectivity index (χ2v) is 19.8. The van der Waals surface area contributed by atoms with Crippen molar-refractivity contribution in [2.45, 2.75) is 43.3 Å². The molecule has 0 N–H and O–H groups in total. The minimum Gasteiger partial charge on any atom is -0.359 e. The lowest BCUT2D eigenvalue weighted by Gasteiger charge is -2.15. The monoisotopic (exact) mass is 559 g/mol. The number of ether oxygens (including phenoxy) is 1. The highest BCUT2D eigenvalue weighted by Gasteiger charge is 2.27. The summed E-state index contributed by atoms with van der Waals surface area (Å²) in [7, 11) is -6.18. The first-order chi connectivity index (χ1) is 16.1. The molecule has 0 radical (unpaired) electrons. The summed E-state index contributed by atoms with van der Waals surface area (Å²) < 4.78 is 58.6. The normalized spacial score (nSPS) is 13.1. The van der Waals surface area contributed by atoms with E-state index in [4.69, 9.17) is 16.3 Å². The SMILES string of the molecule is CN(C)S(=O)(=O)Cc1nc(S(C)(=O)=O)nc2c1c(-c1ccccc1Cl)nn2COCC[Si](C)(C)C. The molecule has 0 bridgehead atoms. The van der Waals surface area contributed by atoms with Gasteiger partial charge in [-0.3, -0.25) is 0 Å². The Balaban J connectivity index is 2.27. The first-order valence-corrected chi connectivity index (χ1v) is 18.4. The van der Waals surface area contributed by atoms with Gasteiger partial charge in [-0.2, -0.15) is 10.1 Å².